The van der Waals surface area contributed by atoms with Crippen molar-refractivity contribution in [2.75, 3.05) is 32.7 Å². The first-order chi connectivity index (χ1) is 16.3. The van der Waals surface area contributed by atoms with E-state index in [9.17, 15) is 9.59 Å². The van der Waals surface area contributed by atoms with E-state index in [1.54, 1.807) is 25.5 Å². The highest BCUT2D eigenvalue weighted by Crippen LogP contribution is 2.31. The number of ether oxygens (including phenoxy) is 2. The fourth-order valence-corrected chi connectivity index (χ4v) is 4.96. The molecule has 3 aromatic rings. The predicted molar refractivity (Wildman–Crippen MR) is 134 cm³/mol. The lowest BCUT2D eigenvalue weighted by molar-refractivity contribution is -0.139. The number of hydrogen-bond acceptors (Lipinski definition) is 7. The number of aromatic nitrogens is 1. The van der Waals surface area contributed by atoms with Crippen LogP contribution >= 0.6 is 11.3 Å². The molecule has 0 unspecified atom stereocenters. The summed E-state index contributed by atoms with van der Waals surface area (Å²) in [6.07, 6.45) is 1.86. The molecule has 34 heavy (non-hydrogen) atoms. The molecule has 0 saturated carbocycles. The molecule has 2 aromatic carbocycles. The average molecular weight is 478 g/mol. The molecule has 4 rings (SSSR count). The number of methoxy groups -OCH3 is 1. The molecule has 2 heterocycles. The standard InChI is InChI=1S/C26H27N3O4S/c1-6-33-25(31)22-16(2)27-26-29(23(22)18-9-13-20(32-5)14-10-18)24(30)21(34-26)15-17-7-11-19(12-8-17)28(3)4/h7-15,23H,6H2,1-5H3/b21-15+/t23-/m1/s1. The molecule has 0 amide bonds. The van der Waals surface area contributed by atoms with Gasteiger partial charge in [-0.25, -0.2) is 9.79 Å². The number of nitrogens with zero attached hydrogens (tertiary/aromatic N) is 3. The quantitative estimate of drug-likeness (QED) is 0.511. The number of fused-ring (bicyclic) bond motifs is 1. The molecule has 1 aliphatic heterocycles. The van der Waals surface area contributed by atoms with Gasteiger partial charge in [0, 0.05) is 19.8 Å². The summed E-state index contributed by atoms with van der Waals surface area (Å²) in [5.41, 5.74) is 3.48. The molecule has 7 nitrogen and oxygen atoms in total. The molecule has 1 aromatic heterocycles. The molecule has 1 aliphatic rings. The van der Waals surface area contributed by atoms with Crippen molar-refractivity contribution < 1.29 is 14.3 Å². The fraction of sp³-hybridized carbons (Fsp3) is 0.269. The lowest BCUT2D eigenvalue weighted by Crippen LogP contribution is -2.39. The van der Waals surface area contributed by atoms with Gasteiger partial charge in [0.15, 0.2) is 4.80 Å². The number of carbonyl (C=O) groups excluding carboxylic acids is 1. The number of allylic oxidation sites excluding steroid dienone is 1. The minimum Gasteiger partial charge on any atom is -0.497 e. The zero-order chi connectivity index (χ0) is 24.4. The van der Waals surface area contributed by atoms with Crippen LogP contribution in [0.4, 0.5) is 5.69 Å². The van der Waals surface area contributed by atoms with Crippen LogP contribution in [0, 0.1) is 0 Å². The van der Waals surface area contributed by atoms with Crippen LogP contribution in [0.1, 0.15) is 31.0 Å². The van der Waals surface area contributed by atoms with Crippen LogP contribution in [-0.4, -0.2) is 38.3 Å². The van der Waals surface area contributed by atoms with Gasteiger partial charge in [-0.1, -0.05) is 35.6 Å². The Morgan fingerprint density at radius 1 is 1.15 bits per heavy atom. The largest absolute Gasteiger partial charge is 0.497 e. The number of benzene rings is 2. The van der Waals surface area contributed by atoms with Crippen molar-refractivity contribution in [3.8, 4) is 5.75 Å². The highest BCUT2D eigenvalue weighted by Gasteiger charge is 2.33. The third-order valence-corrected chi connectivity index (χ3v) is 6.64. The summed E-state index contributed by atoms with van der Waals surface area (Å²) in [5, 5.41) is 0. The maximum absolute atomic E-state index is 13.6. The van der Waals surface area contributed by atoms with Gasteiger partial charge in [-0.15, -0.1) is 0 Å². The SMILES string of the molecule is CCOC(=O)C1=C(C)N=c2s/c(=C/c3ccc(N(C)C)cc3)c(=O)n2[C@@H]1c1ccc(OC)cc1. The van der Waals surface area contributed by atoms with Gasteiger partial charge in [0.25, 0.3) is 5.56 Å². The van der Waals surface area contributed by atoms with E-state index in [1.807, 2.05) is 73.6 Å². The topological polar surface area (TPSA) is 73.1 Å². The van der Waals surface area contributed by atoms with Gasteiger partial charge < -0.3 is 14.4 Å². The van der Waals surface area contributed by atoms with Crippen LogP contribution in [0.5, 0.6) is 5.75 Å². The van der Waals surface area contributed by atoms with Gasteiger partial charge in [-0.2, -0.15) is 0 Å². The van der Waals surface area contributed by atoms with E-state index >= 15 is 0 Å². The molecular weight excluding hydrogens is 450 g/mol. The lowest BCUT2D eigenvalue weighted by atomic mass is 9.96. The molecule has 0 spiro atoms. The first kappa shape index (κ1) is 23.5. The van der Waals surface area contributed by atoms with Crippen molar-refractivity contribution in [2.24, 2.45) is 4.99 Å². The molecule has 0 saturated heterocycles. The summed E-state index contributed by atoms with van der Waals surface area (Å²) in [6, 6.07) is 14.7. The van der Waals surface area contributed by atoms with Crippen LogP contribution in [-0.2, 0) is 9.53 Å². The van der Waals surface area contributed by atoms with E-state index in [-0.39, 0.29) is 12.2 Å². The molecule has 1 atom stereocenters. The molecule has 0 N–H and O–H groups in total. The monoisotopic (exact) mass is 477 g/mol. The number of carbonyl (C=O) groups is 1. The van der Waals surface area contributed by atoms with Crippen LogP contribution in [0.25, 0.3) is 6.08 Å². The maximum Gasteiger partial charge on any atom is 0.338 e. The van der Waals surface area contributed by atoms with Gasteiger partial charge in [0.2, 0.25) is 0 Å². The minimum absolute atomic E-state index is 0.199. The zero-order valence-electron chi connectivity index (χ0n) is 19.9. The first-order valence-electron chi connectivity index (χ1n) is 10.9. The van der Waals surface area contributed by atoms with E-state index in [1.165, 1.54) is 11.3 Å². The van der Waals surface area contributed by atoms with E-state index in [0.29, 0.717) is 26.4 Å². The van der Waals surface area contributed by atoms with Gasteiger partial charge >= 0.3 is 5.97 Å². The molecule has 176 valence electrons. The Hall–Kier alpha value is -3.65. The third-order valence-electron chi connectivity index (χ3n) is 5.66. The van der Waals surface area contributed by atoms with Crippen LogP contribution < -0.4 is 24.5 Å². The zero-order valence-corrected chi connectivity index (χ0v) is 20.7. The second-order valence-electron chi connectivity index (χ2n) is 8.06. The Bertz CT molecular complexity index is 1410. The van der Waals surface area contributed by atoms with E-state index in [0.717, 1.165) is 16.8 Å². The van der Waals surface area contributed by atoms with Crippen molar-refractivity contribution in [1.29, 1.82) is 0 Å². The third kappa shape index (κ3) is 4.41. The van der Waals surface area contributed by atoms with E-state index in [2.05, 4.69) is 4.99 Å². The second kappa shape index (κ2) is 9.69. The summed E-state index contributed by atoms with van der Waals surface area (Å²) in [4.78, 5) is 33.7. The second-order valence-corrected chi connectivity index (χ2v) is 9.07. The maximum atomic E-state index is 13.6. The summed E-state index contributed by atoms with van der Waals surface area (Å²) in [5.74, 6) is 0.217. The number of esters is 1. The van der Waals surface area contributed by atoms with E-state index < -0.39 is 12.0 Å². The highest BCUT2D eigenvalue weighted by atomic mass is 32.1. The van der Waals surface area contributed by atoms with Gasteiger partial charge in [0.1, 0.15) is 5.75 Å². The number of anilines is 1. The van der Waals surface area contributed by atoms with Crippen molar-refractivity contribution in [1.82, 2.24) is 4.57 Å². The summed E-state index contributed by atoms with van der Waals surface area (Å²) < 4.78 is 12.7. The number of thiazole rings is 1. The van der Waals surface area contributed by atoms with Crippen LogP contribution in [0.2, 0.25) is 0 Å². The molecule has 0 aliphatic carbocycles. The molecule has 0 bridgehead atoms. The Morgan fingerprint density at radius 2 is 1.82 bits per heavy atom. The molecule has 0 radical (unpaired) electrons. The minimum atomic E-state index is -0.639. The Morgan fingerprint density at radius 3 is 2.41 bits per heavy atom. The number of hydrogen-bond donors (Lipinski definition) is 0. The number of rotatable bonds is 6. The molecular formula is C26H27N3O4S. The van der Waals surface area contributed by atoms with Gasteiger partial charge in [-0.05, 0) is 55.3 Å². The first-order valence-corrected chi connectivity index (χ1v) is 11.8. The van der Waals surface area contributed by atoms with Gasteiger partial charge in [-0.3, -0.25) is 9.36 Å². The molecule has 0 fully saturated rings. The Kier molecular flexibility index (Phi) is 6.70. The lowest BCUT2D eigenvalue weighted by Gasteiger charge is -2.24. The van der Waals surface area contributed by atoms with Crippen molar-refractivity contribution in [3.05, 3.63) is 90.6 Å². The van der Waals surface area contributed by atoms with Crippen molar-refractivity contribution in [2.45, 2.75) is 19.9 Å². The summed E-state index contributed by atoms with van der Waals surface area (Å²) in [6.45, 7) is 3.77. The predicted octanol–water partition coefficient (Wildman–Crippen LogP) is 2.87. The normalized spacial score (nSPS) is 15.6. The summed E-state index contributed by atoms with van der Waals surface area (Å²) >= 11 is 1.31. The smallest absolute Gasteiger partial charge is 0.338 e. The Labute approximate surface area is 201 Å². The molecule has 8 heteroatoms. The van der Waals surface area contributed by atoms with E-state index in [4.69, 9.17) is 9.47 Å². The Balaban J connectivity index is 1.89. The van der Waals surface area contributed by atoms with Crippen LogP contribution in [0.15, 0.2) is 69.6 Å². The van der Waals surface area contributed by atoms with Gasteiger partial charge in [0.05, 0.1) is 35.6 Å². The average Bonchev–Trinajstić information content (AvgIpc) is 3.13. The fourth-order valence-electron chi connectivity index (χ4n) is 3.91. The van der Waals surface area contributed by atoms with Crippen molar-refractivity contribution >= 4 is 29.1 Å². The van der Waals surface area contributed by atoms with Crippen molar-refractivity contribution in [3.63, 3.8) is 0 Å². The summed E-state index contributed by atoms with van der Waals surface area (Å²) in [7, 11) is 5.56. The van der Waals surface area contributed by atoms with Crippen LogP contribution in [0.3, 0.4) is 0 Å². The highest BCUT2D eigenvalue weighted by molar-refractivity contribution is 7.07.